The minimum absolute atomic E-state index is 0.123. The highest BCUT2D eigenvalue weighted by Gasteiger charge is 2.21. The predicted molar refractivity (Wildman–Crippen MR) is 83.1 cm³/mol. The molecular formula is C13H22N2OS2. The molecule has 0 aliphatic rings. The molecule has 0 fully saturated rings. The van der Waals surface area contributed by atoms with Crippen molar-refractivity contribution in [3.63, 3.8) is 0 Å². The summed E-state index contributed by atoms with van der Waals surface area (Å²) in [7, 11) is 0. The van der Waals surface area contributed by atoms with Crippen molar-refractivity contribution in [2.24, 2.45) is 5.92 Å². The van der Waals surface area contributed by atoms with E-state index < -0.39 is 0 Å². The lowest BCUT2D eigenvalue weighted by Crippen LogP contribution is -2.21. The van der Waals surface area contributed by atoms with E-state index in [1.807, 2.05) is 13.2 Å². The lowest BCUT2D eigenvalue weighted by molar-refractivity contribution is 0.0992. The highest BCUT2D eigenvalue weighted by molar-refractivity contribution is 7.99. The average molecular weight is 286 g/mol. The van der Waals surface area contributed by atoms with Crippen LogP contribution in [-0.4, -0.2) is 18.1 Å². The van der Waals surface area contributed by atoms with Gasteiger partial charge >= 0.3 is 0 Å². The van der Waals surface area contributed by atoms with Gasteiger partial charge in [-0.15, -0.1) is 23.1 Å². The number of thiophene rings is 1. The number of nitrogens with one attached hydrogen (secondary N) is 1. The fourth-order valence-corrected chi connectivity index (χ4v) is 3.60. The molecular weight excluding hydrogens is 264 g/mol. The maximum atomic E-state index is 11.8. The van der Waals surface area contributed by atoms with Crippen LogP contribution in [0.5, 0.6) is 0 Å². The van der Waals surface area contributed by atoms with Crippen molar-refractivity contribution in [1.29, 1.82) is 0 Å². The van der Waals surface area contributed by atoms with Gasteiger partial charge in [0.15, 0.2) is 5.78 Å². The molecule has 1 aromatic heterocycles. The van der Waals surface area contributed by atoms with Crippen LogP contribution in [0.15, 0.2) is 4.90 Å². The van der Waals surface area contributed by atoms with E-state index in [4.69, 9.17) is 5.73 Å². The van der Waals surface area contributed by atoms with E-state index >= 15 is 0 Å². The second-order valence-electron chi connectivity index (χ2n) is 4.66. The number of anilines is 2. The first-order chi connectivity index (χ1) is 8.42. The monoisotopic (exact) mass is 286 g/mol. The van der Waals surface area contributed by atoms with Gasteiger partial charge in [0.1, 0.15) is 5.00 Å². The topological polar surface area (TPSA) is 55.1 Å². The van der Waals surface area contributed by atoms with E-state index in [-0.39, 0.29) is 5.78 Å². The number of carbonyl (C=O) groups is 1. The molecule has 3 nitrogen and oxygen atoms in total. The summed E-state index contributed by atoms with van der Waals surface area (Å²) in [6.45, 7) is 8.35. The third kappa shape index (κ3) is 3.20. The highest BCUT2D eigenvalue weighted by Crippen LogP contribution is 2.42. The summed E-state index contributed by atoms with van der Waals surface area (Å²) in [6.07, 6.45) is 2.49. The fraction of sp³-hybridized carbons (Fsp3) is 0.615. The van der Waals surface area contributed by atoms with Crippen molar-refractivity contribution in [2.75, 3.05) is 17.3 Å². The van der Waals surface area contributed by atoms with Crippen LogP contribution in [0.1, 0.15) is 43.8 Å². The molecule has 102 valence electrons. The minimum Gasteiger partial charge on any atom is -0.396 e. The van der Waals surface area contributed by atoms with Gasteiger partial charge in [-0.1, -0.05) is 20.8 Å². The Morgan fingerprint density at radius 1 is 1.44 bits per heavy atom. The average Bonchev–Trinajstić information content (AvgIpc) is 2.64. The summed E-state index contributed by atoms with van der Waals surface area (Å²) in [6, 6.07) is 0.360. The Morgan fingerprint density at radius 3 is 2.50 bits per heavy atom. The largest absolute Gasteiger partial charge is 0.396 e. The minimum atomic E-state index is 0.123. The van der Waals surface area contributed by atoms with Gasteiger partial charge in [0.2, 0.25) is 0 Å². The number of hydrogen-bond acceptors (Lipinski definition) is 5. The molecule has 1 rings (SSSR count). The number of hydrogen-bond donors (Lipinski definition) is 2. The Balaban J connectivity index is 3.08. The van der Waals surface area contributed by atoms with E-state index in [0.29, 0.717) is 28.9 Å². The van der Waals surface area contributed by atoms with E-state index in [0.717, 1.165) is 9.90 Å². The third-order valence-corrected chi connectivity index (χ3v) is 5.18. The van der Waals surface area contributed by atoms with Crippen molar-refractivity contribution in [3.05, 3.63) is 4.88 Å². The number of nitrogen functional groups attached to an aromatic ring is 1. The summed E-state index contributed by atoms with van der Waals surface area (Å²) in [5, 5.41) is 4.49. The van der Waals surface area contributed by atoms with Gasteiger partial charge in [0, 0.05) is 12.5 Å². The number of nitrogens with two attached hydrogens (primary N) is 1. The number of Topliss-reactive ketones (excluding diaryl/α,β-unsaturated/α-hetero) is 1. The van der Waals surface area contributed by atoms with Gasteiger partial charge < -0.3 is 11.1 Å². The van der Waals surface area contributed by atoms with Crippen molar-refractivity contribution >= 4 is 39.6 Å². The summed E-state index contributed by atoms with van der Waals surface area (Å²) in [5.74, 6) is 0.659. The van der Waals surface area contributed by atoms with E-state index in [1.165, 1.54) is 11.3 Å². The lowest BCUT2D eigenvalue weighted by atomic mass is 10.1. The molecule has 1 unspecified atom stereocenters. The van der Waals surface area contributed by atoms with Crippen LogP contribution in [0.3, 0.4) is 0 Å². The van der Waals surface area contributed by atoms with Crippen molar-refractivity contribution in [2.45, 2.75) is 45.1 Å². The molecule has 0 aromatic carbocycles. The van der Waals surface area contributed by atoms with Gasteiger partial charge in [-0.2, -0.15) is 0 Å². The molecule has 0 aliphatic heterocycles. The van der Waals surface area contributed by atoms with Crippen LogP contribution in [0, 0.1) is 5.92 Å². The molecule has 18 heavy (non-hydrogen) atoms. The highest BCUT2D eigenvalue weighted by atomic mass is 32.2. The number of carbonyl (C=O) groups excluding carboxylic acids is 1. The van der Waals surface area contributed by atoms with Crippen LogP contribution < -0.4 is 11.1 Å². The summed E-state index contributed by atoms with van der Waals surface area (Å²) >= 11 is 3.08. The Bertz CT molecular complexity index is 427. The van der Waals surface area contributed by atoms with Crippen LogP contribution >= 0.6 is 23.1 Å². The fourth-order valence-electron chi connectivity index (χ4n) is 1.47. The zero-order valence-electron chi connectivity index (χ0n) is 11.7. The van der Waals surface area contributed by atoms with Crippen molar-refractivity contribution in [1.82, 2.24) is 0 Å². The molecule has 1 aromatic rings. The predicted octanol–water partition coefficient (Wildman–Crippen LogP) is 4.10. The molecule has 0 spiro atoms. The Hall–Kier alpha value is -0.680. The van der Waals surface area contributed by atoms with Gasteiger partial charge in [0.25, 0.3) is 0 Å². The molecule has 0 saturated carbocycles. The number of rotatable bonds is 6. The Morgan fingerprint density at radius 2 is 2.06 bits per heavy atom. The second kappa shape index (κ2) is 6.48. The lowest BCUT2D eigenvalue weighted by Gasteiger charge is -2.18. The van der Waals surface area contributed by atoms with E-state index in [9.17, 15) is 4.79 Å². The van der Waals surface area contributed by atoms with Crippen LogP contribution in [-0.2, 0) is 0 Å². The molecule has 1 heterocycles. The van der Waals surface area contributed by atoms with Crippen molar-refractivity contribution < 1.29 is 4.79 Å². The quantitative estimate of drug-likeness (QED) is 0.610. The smallest absolute Gasteiger partial charge is 0.174 e. The molecule has 5 heteroatoms. The number of thioether (sulfide) groups is 1. The number of ketones is 1. The SMILES string of the molecule is CCC(=O)c1sc(NC(C)C(C)C)c(SC)c1N. The first kappa shape index (κ1) is 15.4. The molecule has 0 bridgehead atoms. The zero-order chi connectivity index (χ0) is 13.9. The zero-order valence-corrected chi connectivity index (χ0v) is 13.3. The molecule has 1 atom stereocenters. The normalized spacial score (nSPS) is 12.8. The summed E-state index contributed by atoms with van der Waals surface area (Å²) in [5.41, 5.74) is 6.71. The third-order valence-electron chi connectivity index (χ3n) is 3.04. The van der Waals surface area contributed by atoms with Crippen LogP contribution in [0.4, 0.5) is 10.7 Å². The van der Waals surface area contributed by atoms with E-state index in [2.05, 4.69) is 26.1 Å². The van der Waals surface area contributed by atoms with Gasteiger partial charge in [-0.25, -0.2) is 0 Å². The van der Waals surface area contributed by atoms with Crippen molar-refractivity contribution in [3.8, 4) is 0 Å². The van der Waals surface area contributed by atoms with Gasteiger partial charge in [0.05, 0.1) is 15.5 Å². The van der Waals surface area contributed by atoms with Crippen LogP contribution in [0.25, 0.3) is 0 Å². The Labute approximate surface area is 118 Å². The van der Waals surface area contributed by atoms with Gasteiger partial charge in [-0.3, -0.25) is 4.79 Å². The molecule has 0 radical (unpaired) electrons. The molecule has 0 saturated heterocycles. The molecule has 0 aliphatic carbocycles. The molecule has 0 amide bonds. The van der Waals surface area contributed by atoms with Gasteiger partial charge in [-0.05, 0) is 19.1 Å². The second-order valence-corrected chi connectivity index (χ2v) is 6.50. The first-order valence-electron chi connectivity index (χ1n) is 6.18. The maximum Gasteiger partial charge on any atom is 0.174 e. The standard InChI is InChI=1S/C13H22N2OS2/c1-6-9(16)11-10(14)12(17-5)13(18-11)15-8(4)7(2)3/h7-8,15H,6,14H2,1-5H3. The maximum absolute atomic E-state index is 11.8. The summed E-state index contributed by atoms with van der Waals surface area (Å²) in [4.78, 5) is 13.5. The molecule has 3 N–H and O–H groups in total. The van der Waals surface area contributed by atoms with Crippen LogP contribution in [0.2, 0.25) is 0 Å². The first-order valence-corrected chi connectivity index (χ1v) is 8.22. The summed E-state index contributed by atoms with van der Waals surface area (Å²) < 4.78 is 0. The van der Waals surface area contributed by atoms with E-state index in [1.54, 1.807) is 11.8 Å². The Kier molecular flexibility index (Phi) is 5.53.